The lowest BCUT2D eigenvalue weighted by Gasteiger charge is -2.47. The first-order chi connectivity index (χ1) is 42.8. The lowest BCUT2D eigenvalue weighted by Crippen LogP contribution is -2.68. The number of unbranched alkanes of at least 4 members (excludes halogenated alkanes) is 29. The molecule has 89 heavy (non-hydrogen) atoms. The topological polar surface area (TPSA) is 311 Å². The maximum Gasteiger partial charge on any atom is 0.472 e. The van der Waals surface area contributed by atoms with Crippen molar-refractivity contribution in [1.82, 2.24) is 10.6 Å². The van der Waals surface area contributed by atoms with E-state index >= 15 is 0 Å². The number of Topliss-reactive ketones (excluding diaryl/α,β-unsaturated/α-hetero) is 1. The molecule has 22 nitrogen and oxygen atoms in total. The van der Waals surface area contributed by atoms with Crippen LogP contribution in [-0.4, -0.2) is 150 Å². The van der Waals surface area contributed by atoms with Gasteiger partial charge >= 0.3 is 21.6 Å². The highest BCUT2D eigenvalue weighted by atomic mass is 31.2. The molecule has 7 N–H and O–H groups in total. The van der Waals surface area contributed by atoms with Crippen molar-refractivity contribution in [3.05, 3.63) is 12.2 Å². The van der Waals surface area contributed by atoms with Crippen molar-refractivity contribution in [3.8, 4) is 0 Å². The molecule has 522 valence electrons. The zero-order chi connectivity index (χ0) is 65.6. The fourth-order valence-electron chi connectivity index (χ4n) is 11.4. The van der Waals surface area contributed by atoms with Gasteiger partial charge in [-0.3, -0.25) is 28.2 Å². The summed E-state index contributed by atoms with van der Waals surface area (Å²) in [6, 6.07) is -3.11. The molecule has 0 aromatic heterocycles. The molecule has 2 amide bonds. The van der Waals surface area contributed by atoms with Gasteiger partial charge in [-0.1, -0.05) is 213 Å². The predicted molar refractivity (Wildman–Crippen MR) is 342 cm³/mol. The van der Waals surface area contributed by atoms with Gasteiger partial charge in [0.05, 0.1) is 32.2 Å². The highest BCUT2D eigenvalue weighted by molar-refractivity contribution is 7.46. The molecular weight excluding hydrogens is 1190 g/mol. The summed E-state index contributed by atoms with van der Waals surface area (Å²) in [7, 11) is -8.06. The van der Waals surface area contributed by atoms with E-state index < -0.39 is 120 Å². The lowest BCUT2D eigenvalue weighted by molar-refractivity contribution is -0.298. The molecule has 0 bridgehead atoms. The van der Waals surface area contributed by atoms with Crippen LogP contribution in [0.5, 0.6) is 0 Å². The number of carbonyl (C=O) groups excluding carboxylic acids is 4. The molecule has 0 radical (unpaired) electrons. The second-order valence-corrected chi connectivity index (χ2v) is 26.9. The van der Waals surface area contributed by atoms with E-state index in [0.717, 1.165) is 148 Å². The fraction of sp³-hybridized carbons (Fsp3) is 0.908. The van der Waals surface area contributed by atoms with Crippen molar-refractivity contribution in [2.24, 2.45) is 0 Å². The van der Waals surface area contributed by atoms with Crippen LogP contribution in [0, 0.1) is 0 Å². The Labute approximate surface area is 534 Å². The Balaban J connectivity index is 2.48. The summed E-state index contributed by atoms with van der Waals surface area (Å²) in [6.45, 7) is 7.57. The normalized spacial score (nSPS) is 22.8. The molecule has 0 aliphatic carbocycles. The van der Waals surface area contributed by atoms with Gasteiger partial charge in [-0.2, -0.15) is 0 Å². The number of carbonyl (C=O) groups is 4. The summed E-state index contributed by atoms with van der Waals surface area (Å²) >= 11 is 0. The Bertz CT molecular complexity index is 1960. The van der Waals surface area contributed by atoms with Gasteiger partial charge in [-0.25, -0.2) is 9.13 Å². The summed E-state index contributed by atoms with van der Waals surface area (Å²) in [4.78, 5) is 96.1. The Kier molecular flexibility index (Phi) is 47.6. The number of rotatable bonds is 57. The van der Waals surface area contributed by atoms with E-state index in [0.29, 0.717) is 25.7 Å². The van der Waals surface area contributed by atoms with Crippen LogP contribution in [0.1, 0.15) is 278 Å². The number of esters is 1. The summed E-state index contributed by atoms with van der Waals surface area (Å²) < 4.78 is 78.2. The molecule has 11 atom stereocenters. The summed E-state index contributed by atoms with van der Waals surface area (Å²) in [6.07, 6.45) is 24.6. The second-order valence-electron chi connectivity index (χ2n) is 24.5. The second kappa shape index (κ2) is 51.1. The van der Waals surface area contributed by atoms with Gasteiger partial charge in [0.15, 0.2) is 18.7 Å². The average molecular weight is 1310 g/mol. The number of aliphatic hydroxyl groups excluding tert-OH is 1. The van der Waals surface area contributed by atoms with Crippen molar-refractivity contribution < 1.29 is 95.2 Å². The number of methoxy groups -OCH3 is 2. The van der Waals surface area contributed by atoms with Crippen LogP contribution in [-0.2, 0) is 70.5 Å². The van der Waals surface area contributed by atoms with Crippen molar-refractivity contribution >= 4 is 39.2 Å². The first kappa shape index (κ1) is 82.9. The van der Waals surface area contributed by atoms with Gasteiger partial charge in [-0.05, 0) is 51.4 Å². The van der Waals surface area contributed by atoms with E-state index in [4.69, 9.17) is 42.2 Å². The standard InChI is InChI=1S/C65H122N2O20P2/c1-7-11-15-19-22-24-25-26-27-28-29-31-33-37-41-45-55(69)66-59-63(85-57(71)48-52(80-6)44-40-35-18-14-10-4)61(86-88(73,74)75)54(49-79-5)84-64(59)82-50-53-60(72)62(81-46-42-38-34-21-17-13-9-3)58(65(83-53)87-89(76,77)78)67-56(70)47-51(68)43-39-36-32-30-23-20-16-12-8-2/h24-25,52-54,58-65,72H,7-23,26-50H2,1-6H3,(H,66,69)(H,67,70)(H2,73,74,75)(H2,76,77,78)/b25-24+/t52-,53+,54-,58-,59-,60-,61-,62-,63-,64-,65+/m1/s1. The van der Waals surface area contributed by atoms with Crippen LogP contribution >= 0.6 is 15.6 Å². The van der Waals surface area contributed by atoms with E-state index in [1.54, 1.807) is 0 Å². The van der Waals surface area contributed by atoms with Crippen LogP contribution in [0.4, 0.5) is 0 Å². The van der Waals surface area contributed by atoms with Gasteiger partial charge in [0, 0.05) is 33.7 Å². The minimum atomic E-state index is -5.43. The van der Waals surface area contributed by atoms with Crippen molar-refractivity contribution in [2.75, 3.05) is 34.0 Å². The fourth-order valence-corrected chi connectivity index (χ4v) is 12.5. The molecule has 0 aromatic rings. The molecule has 0 spiro atoms. The van der Waals surface area contributed by atoms with Gasteiger partial charge < -0.3 is 68.5 Å². The maximum atomic E-state index is 14.1. The zero-order valence-corrected chi connectivity index (χ0v) is 57.2. The number of ketones is 1. The smallest absolute Gasteiger partial charge is 0.457 e. The quantitative estimate of drug-likeness (QED) is 0.00978. The molecule has 0 saturated carbocycles. The number of phosphoric ester groups is 2. The van der Waals surface area contributed by atoms with Crippen LogP contribution in [0.15, 0.2) is 12.2 Å². The summed E-state index contributed by atoms with van der Waals surface area (Å²) in [5.41, 5.74) is 0. The molecule has 0 aromatic carbocycles. The van der Waals surface area contributed by atoms with Crippen LogP contribution in [0.25, 0.3) is 0 Å². The Morgan fingerprint density at radius 3 is 1.49 bits per heavy atom. The number of ether oxygens (including phenoxy) is 7. The van der Waals surface area contributed by atoms with Crippen molar-refractivity contribution in [2.45, 2.75) is 345 Å². The summed E-state index contributed by atoms with van der Waals surface area (Å²) in [5, 5.41) is 17.7. The van der Waals surface area contributed by atoms with E-state index in [9.17, 15) is 53.0 Å². The predicted octanol–water partition coefficient (Wildman–Crippen LogP) is 12.7. The number of hydrogen-bond donors (Lipinski definition) is 7. The third kappa shape index (κ3) is 39.9. The Hall–Kier alpha value is -2.24. The monoisotopic (exact) mass is 1310 g/mol. The number of allylic oxidation sites excluding steroid dienone is 2. The highest BCUT2D eigenvalue weighted by Gasteiger charge is 2.54. The highest BCUT2D eigenvalue weighted by Crippen LogP contribution is 2.44. The molecule has 2 saturated heterocycles. The molecular formula is C65H122N2O20P2. The molecule has 2 heterocycles. The number of nitrogens with one attached hydrogen (secondary N) is 2. The Morgan fingerprint density at radius 2 is 0.966 bits per heavy atom. The van der Waals surface area contributed by atoms with Gasteiger partial charge in [0.25, 0.3) is 0 Å². The zero-order valence-electron chi connectivity index (χ0n) is 55.5. The average Bonchev–Trinajstić information content (AvgIpc) is 0.987. The number of aliphatic hydroxyl groups is 1. The third-order valence-corrected chi connectivity index (χ3v) is 17.5. The van der Waals surface area contributed by atoms with Gasteiger partial charge in [0.1, 0.15) is 48.4 Å². The molecule has 24 heteroatoms. The minimum Gasteiger partial charge on any atom is -0.457 e. The SMILES string of the molecule is CCCCCC/C=C/CCCCCCCCCC(=O)N[C@H]1[C@H](OC[C@@H]2O[C@@H](OP(=O)(O)O)[C@H](NC(=O)CC(=O)CCCCCCCCCCC)[C@@H](OCCCCCCCCC)[C@@H]2O)O[C@H](COC)[C@@H](OP(=O)(O)O)[C@@H]1OC(=O)C[C@@H](CCCCCCC)OC. The van der Waals surface area contributed by atoms with E-state index in [2.05, 4.69) is 50.5 Å². The van der Waals surface area contributed by atoms with Crippen LogP contribution in [0.3, 0.4) is 0 Å². The molecule has 0 unspecified atom stereocenters. The molecule has 2 fully saturated rings. The molecule has 2 aliphatic rings. The molecule has 2 rings (SSSR count). The first-order valence-electron chi connectivity index (χ1n) is 34.5. The van der Waals surface area contributed by atoms with Gasteiger partial charge in [-0.15, -0.1) is 0 Å². The first-order valence-corrected chi connectivity index (χ1v) is 37.5. The Morgan fingerprint density at radius 1 is 0.506 bits per heavy atom. The summed E-state index contributed by atoms with van der Waals surface area (Å²) in [5.74, 6) is -2.52. The molecule has 2 aliphatic heterocycles. The number of phosphoric acid groups is 2. The van der Waals surface area contributed by atoms with Gasteiger partial charge in [0.2, 0.25) is 11.8 Å². The van der Waals surface area contributed by atoms with E-state index in [1.807, 2.05) is 0 Å². The van der Waals surface area contributed by atoms with E-state index in [-0.39, 0.29) is 31.7 Å². The van der Waals surface area contributed by atoms with E-state index in [1.165, 1.54) is 65.6 Å². The third-order valence-electron chi connectivity index (χ3n) is 16.5. The number of amides is 2. The van der Waals surface area contributed by atoms with Crippen molar-refractivity contribution in [1.29, 1.82) is 0 Å². The minimum absolute atomic E-state index is 0.00377. The number of hydrogen-bond acceptors (Lipinski definition) is 16. The maximum absolute atomic E-state index is 14.1. The lowest BCUT2D eigenvalue weighted by atomic mass is 9.95. The van der Waals surface area contributed by atoms with Crippen molar-refractivity contribution in [3.63, 3.8) is 0 Å². The van der Waals surface area contributed by atoms with Crippen LogP contribution in [0.2, 0.25) is 0 Å². The largest absolute Gasteiger partial charge is 0.472 e. The van der Waals surface area contributed by atoms with Crippen LogP contribution < -0.4 is 10.6 Å².